The van der Waals surface area contributed by atoms with Crippen molar-refractivity contribution < 1.29 is 14.3 Å². The monoisotopic (exact) mass is 315 g/mol. The summed E-state index contributed by atoms with van der Waals surface area (Å²) in [6.07, 6.45) is 1.32. The SMILES string of the molecule is CC(NC(=O)COc1ccc2c(c1)CCC2=O)c1cccs1. The molecule has 114 valence electrons. The molecule has 1 atom stereocenters. The minimum Gasteiger partial charge on any atom is -0.484 e. The van der Waals surface area contributed by atoms with Gasteiger partial charge >= 0.3 is 0 Å². The molecule has 1 aliphatic rings. The smallest absolute Gasteiger partial charge is 0.258 e. The first-order chi connectivity index (χ1) is 10.6. The second kappa shape index (κ2) is 6.32. The lowest BCUT2D eigenvalue weighted by molar-refractivity contribution is -0.123. The second-order valence-corrected chi connectivity index (χ2v) is 6.31. The summed E-state index contributed by atoms with van der Waals surface area (Å²) in [6.45, 7) is 1.92. The Morgan fingerprint density at radius 3 is 3.00 bits per heavy atom. The van der Waals surface area contributed by atoms with Gasteiger partial charge in [-0.05, 0) is 48.6 Å². The summed E-state index contributed by atoms with van der Waals surface area (Å²) in [7, 11) is 0. The Kier molecular flexibility index (Phi) is 4.24. The Labute approximate surface area is 133 Å². The van der Waals surface area contributed by atoms with E-state index in [0.29, 0.717) is 12.2 Å². The number of thiophene rings is 1. The van der Waals surface area contributed by atoms with Crippen LogP contribution < -0.4 is 10.1 Å². The van der Waals surface area contributed by atoms with Crippen LogP contribution in [0.3, 0.4) is 0 Å². The van der Waals surface area contributed by atoms with Crippen LogP contribution in [-0.2, 0) is 11.2 Å². The van der Waals surface area contributed by atoms with E-state index in [1.165, 1.54) is 0 Å². The van der Waals surface area contributed by atoms with Crippen molar-refractivity contribution in [3.63, 3.8) is 0 Å². The Morgan fingerprint density at radius 1 is 1.36 bits per heavy atom. The zero-order valence-electron chi connectivity index (χ0n) is 12.3. The third-order valence-electron chi connectivity index (χ3n) is 3.72. The number of nitrogens with one attached hydrogen (secondary N) is 1. The highest BCUT2D eigenvalue weighted by Gasteiger charge is 2.19. The van der Waals surface area contributed by atoms with Crippen molar-refractivity contribution in [1.82, 2.24) is 5.32 Å². The molecule has 1 amide bonds. The van der Waals surface area contributed by atoms with Gasteiger partial charge in [0.1, 0.15) is 5.75 Å². The first kappa shape index (κ1) is 14.8. The molecule has 0 radical (unpaired) electrons. The lowest BCUT2D eigenvalue weighted by atomic mass is 10.1. The molecule has 0 fully saturated rings. The highest BCUT2D eigenvalue weighted by molar-refractivity contribution is 7.10. The first-order valence-electron chi connectivity index (χ1n) is 7.25. The first-order valence-corrected chi connectivity index (χ1v) is 8.13. The van der Waals surface area contributed by atoms with Crippen LogP contribution in [0.2, 0.25) is 0 Å². The molecular formula is C17H17NO3S. The summed E-state index contributed by atoms with van der Waals surface area (Å²) >= 11 is 1.61. The number of carbonyl (C=O) groups excluding carboxylic acids is 2. The molecule has 1 aromatic carbocycles. The summed E-state index contributed by atoms with van der Waals surface area (Å²) in [6, 6.07) is 9.33. The van der Waals surface area contributed by atoms with E-state index in [1.807, 2.05) is 30.5 Å². The lowest BCUT2D eigenvalue weighted by Gasteiger charge is -2.13. The number of Topliss-reactive ketones (excluding diaryl/α,β-unsaturated/α-hetero) is 1. The van der Waals surface area contributed by atoms with E-state index in [0.717, 1.165) is 22.4 Å². The van der Waals surface area contributed by atoms with Gasteiger partial charge in [0.05, 0.1) is 6.04 Å². The topological polar surface area (TPSA) is 55.4 Å². The molecule has 5 heteroatoms. The van der Waals surface area contributed by atoms with Crippen molar-refractivity contribution in [2.45, 2.75) is 25.8 Å². The number of benzene rings is 1. The number of fused-ring (bicyclic) bond motifs is 1. The number of ketones is 1. The minimum absolute atomic E-state index is 0.0197. The van der Waals surface area contributed by atoms with E-state index >= 15 is 0 Å². The summed E-state index contributed by atoms with van der Waals surface area (Å²) in [5.74, 6) is 0.661. The number of hydrogen-bond donors (Lipinski definition) is 1. The van der Waals surface area contributed by atoms with Crippen molar-refractivity contribution in [1.29, 1.82) is 0 Å². The van der Waals surface area contributed by atoms with Crippen molar-refractivity contribution in [3.8, 4) is 5.75 Å². The van der Waals surface area contributed by atoms with Crippen LogP contribution in [0.15, 0.2) is 35.7 Å². The molecule has 0 saturated carbocycles. The molecule has 3 rings (SSSR count). The maximum atomic E-state index is 11.9. The predicted octanol–water partition coefficient (Wildman–Crippen LogP) is 3.13. The van der Waals surface area contributed by atoms with Crippen molar-refractivity contribution >= 4 is 23.0 Å². The molecule has 1 aromatic heterocycles. The van der Waals surface area contributed by atoms with Crippen LogP contribution in [-0.4, -0.2) is 18.3 Å². The highest BCUT2D eigenvalue weighted by atomic mass is 32.1. The summed E-state index contributed by atoms with van der Waals surface area (Å²) in [5.41, 5.74) is 1.79. The van der Waals surface area contributed by atoms with Gasteiger partial charge in [0.2, 0.25) is 0 Å². The van der Waals surface area contributed by atoms with E-state index in [-0.39, 0.29) is 24.3 Å². The van der Waals surface area contributed by atoms with Gasteiger partial charge in [-0.1, -0.05) is 6.07 Å². The number of carbonyl (C=O) groups is 2. The fourth-order valence-electron chi connectivity index (χ4n) is 2.56. The molecule has 0 saturated heterocycles. The highest BCUT2D eigenvalue weighted by Crippen LogP contribution is 2.26. The molecule has 1 unspecified atom stereocenters. The number of ether oxygens (including phenoxy) is 1. The standard InChI is InChI=1S/C17H17NO3S/c1-11(16-3-2-8-22-16)18-17(20)10-21-13-5-6-14-12(9-13)4-7-15(14)19/h2-3,5-6,8-9,11H,4,7,10H2,1H3,(H,18,20). The lowest BCUT2D eigenvalue weighted by Crippen LogP contribution is -2.30. The van der Waals surface area contributed by atoms with Gasteiger partial charge in [-0.25, -0.2) is 0 Å². The zero-order chi connectivity index (χ0) is 15.5. The number of hydrogen-bond acceptors (Lipinski definition) is 4. The maximum Gasteiger partial charge on any atom is 0.258 e. The molecule has 2 aromatic rings. The van der Waals surface area contributed by atoms with Crippen molar-refractivity contribution in [2.75, 3.05) is 6.61 Å². The third-order valence-corrected chi connectivity index (χ3v) is 4.77. The predicted molar refractivity (Wildman–Crippen MR) is 85.5 cm³/mol. The Morgan fingerprint density at radius 2 is 2.23 bits per heavy atom. The van der Waals surface area contributed by atoms with E-state index < -0.39 is 0 Å². The Balaban J connectivity index is 1.54. The van der Waals surface area contributed by atoms with Gasteiger partial charge < -0.3 is 10.1 Å². The maximum absolute atomic E-state index is 11.9. The number of rotatable bonds is 5. The molecule has 0 aliphatic heterocycles. The van der Waals surface area contributed by atoms with E-state index in [4.69, 9.17) is 4.74 Å². The van der Waals surface area contributed by atoms with Gasteiger partial charge in [0.15, 0.2) is 12.4 Å². The molecule has 4 nitrogen and oxygen atoms in total. The molecule has 0 spiro atoms. The summed E-state index contributed by atoms with van der Waals surface area (Å²) in [5, 5.41) is 4.89. The quantitative estimate of drug-likeness (QED) is 0.922. The van der Waals surface area contributed by atoms with Crippen LogP contribution in [0.5, 0.6) is 5.75 Å². The van der Waals surface area contributed by atoms with Gasteiger partial charge in [-0.3, -0.25) is 9.59 Å². The fourth-order valence-corrected chi connectivity index (χ4v) is 3.30. The largest absolute Gasteiger partial charge is 0.484 e. The number of amides is 1. The zero-order valence-corrected chi connectivity index (χ0v) is 13.1. The Bertz CT molecular complexity index is 694. The molecular weight excluding hydrogens is 298 g/mol. The second-order valence-electron chi connectivity index (χ2n) is 5.34. The minimum atomic E-state index is -0.155. The average molecular weight is 315 g/mol. The third kappa shape index (κ3) is 3.20. The van der Waals surface area contributed by atoms with Gasteiger partial charge in [-0.15, -0.1) is 11.3 Å². The summed E-state index contributed by atoms with van der Waals surface area (Å²) < 4.78 is 5.53. The molecule has 1 heterocycles. The van der Waals surface area contributed by atoms with Crippen LogP contribution in [0.4, 0.5) is 0 Å². The normalized spacial score (nSPS) is 14.5. The van der Waals surface area contributed by atoms with E-state index in [9.17, 15) is 9.59 Å². The van der Waals surface area contributed by atoms with Crippen molar-refractivity contribution in [3.05, 3.63) is 51.7 Å². The van der Waals surface area contributed by atoms with Gasteiger partial charge in [-0.2, -0.15) is 0 Å². The van der Waals surface area contributed by atoms with Gasteiger partial charge in [0.25, 0.3) is 5.91 Å². The molecule has 22 heavy (non-hydrogen) atoms. The molecule has 1 N–H and O–H groups in total. The molecule has 1 aliphatic carbocycles. The van der Waals surface area contributed by atoms with Crippen LogP contribution in [0, 0.1) is 0 Å². The van der Waals surface area contributed by atoms with Crippen LogP contribution in [0.25, 0.3) is 0 Å². The van der Waals surface area contributed by atoms with Gasteiger partial charge in [0, 0.05) is 16.9 Å². The van der Waals surface area contributed by atoms with Crippen LogP contribution >= 0.6 is 11.3 Å². The van der Waals surface area contributed by atoms with E-state index in [2.05, 4.69) is 5.32 Å². The Hall–Kier alpha value is -2.14. The fraction of sp³-hybridized carbons (Fsp3) is 0.294. The summed E-state index contributed by atoms with van der Waals surface area (Å²) in [4.78, 5) is 24.6. The van der Waals surface area contributed by atoms with Crippen LogP contribution in [0.1, 0.15) is 40.2 Å². The average Bonchev–Trinajstić information content (AvgIpc) is 3.15. The van der Waals surface area contributed by atoms with Crippen molar-refractivity contribution in [2.24, 2.45) is 0 Å². The van der Waals surface area contributed by atoms with E-state index in [1.54, 1.807) is 23.5 Å². The number of aryl methyl sites for hydroxylation is 1. The molecule has 0 bridgehead atoms.